The van der Waals surface area contributed by atoms with Gasteiger partial charge in [0.1, 0.15) is 11.3 Å². The van der Waals surface area contributed by atoms with Crippen LogP contribution in [-0.2, 0) is 11.2 Å². The van der Waals surface area contributed by atoms with Crippen molar-refractivity contribution in [2.24, 2.45) is 0 Å². The van der Waals surface area contributed by atoms with E-state index in [1.54, 1.807) is 6.07 Å². The minimum atomic E-state index is -1.18. The van der Waals surface area contributed by atoms with E-state index in [4.69, 9.17) is 10.2 Å². The smallest absolute Gasteiger partial charge is 0.339 e. The fourth-order valence-corrected chi connectivity index (χ4v) is 2.75. The SMILES string of the molecule is CC.Cc1cc(CCCC(=O)O)c(C)n1-c1ccc(C(=O)O)c(O)c1. The zero-order valence-corrected chi connectivity index (χ0v) is 15.0. The second-order valence-corrected chi connectivity index (χ2v) is 5.49. The number of aliphatic carboxylic acids is 1. The predicted molar refractivity (Wildman–Crippen MR) is 95.8 cm³/mol. The molecule has 0 amide bonds. The van der Waals surface area contributed by atoms with Crippen molar-refractivity contribution < 1.29 is 24.9 Å². The number of carboxylic acids is 2. The quantitative estimate of drug-likeness (QED) is 0.735. The zero-order chi connectivity index (χ0) is 19.1. The van der Waals surface area contributed by atoms with E-state index in [1.807, 2.05) is 38.3 Å². The van der Waals surface area contributed by atoms with Crippen molar-refractivity contribution in [1.82, 2.24) is 4.57 Å². The molecule has 3 N–H and O–H groups in total. The fraction of sp³-hybridized carbons (Fsp3) is 0.368. The standard InChI is InChI=1S/C17H19NO5.C2H6/c1-10-8-12(4-3-5-16(20)21)11(2)18(10)13-6-7-14(17(22)23)15(19)9-13;1-2/h6-9,19H,3-5H2,1-2H3,(H,20,21)(H,22,23);1-2H3. The van der Waals surface area contributed by atoms with Crippen molar-refractivity contribution in [3.63, 3.8) is 0 Å². The molecule has 1 aromatic carbocycles. The largest absolute Gasteiger partial charge is 0.507 e. The Bertz CT molecular complexity index is 761. The Kier molecular flexibility index (Phi) is 7.23. The molecule has 0 aliphatic heterocycles. The van der Waals surface area contributed by atoms with Crippen molar-refractivity contribution >= 4 is 11.9 Å². The van der Waals surface area contributed by atoms with Crippen molar-refractivity contribution in [1.29, 1.82) is 0 Å². The van der Waals surface area contributed by atoms with Gasteiger partial charge < -0.3 is 19.9 Å². The number of aromatic hydroxyl groups is 1. The van der Waals surface area contributed by atoms with Crippen LogP contribution in [0.4, 0.5) is 0 Å². The highest BCUT2D eigenvalue weighted by molar-refractivity contribution is 5.91. The maximum atomic E-state index is 11.0. The van der Waals surface area contributed by atoms with Crippen molar-refractivity contribution in [2.75, 3.05) is 0 Å². The van der Waals surface area contributed by atoms with Crippen LogP contribution in [0.25, 0.3) is 5.69 Å². The minimum Gasteiger partial charge on any atom is -0.507 e. The third-order valence-electron chi connectivity index (χ3n) is 3.84. The molecule has 0 aliphatic rings. The van der Waals surface area contributed by atoms with Crippen LogP contribution >= 0.6 is 0 Å². The number of nitrogens with zero attached hydrogens (tertiary/aromatic N) is 1. The third kappa shape index (κ3) is 4.86. The first kappa shape index (κ1) is 20.3. The highest BCUT2D eigenvalue weighted by Gasteiger charge is 2.14. The number of hydrogen-bond acceptors (Lipinski definition) is 3. The van der Waals surface area contributed by atoms with Crippen LogP contribution in [0.3, 0.4) is 0 Å². The molecule has 0 fully saturated rings. The highest BCUT2D eigenvalue weighted by Crippen LogP contribution is 2.26. The molecule has 0 saturated heterocycles. The Morgan fingerprint density at radius 3 is 2.24 bits per heavy atom. The van der Waals surface area contributed by atoms with Gasteiger partial charge in [0.2, 0.25) is 0 Å². The molecule has 0 spiro atoms. The fourth-order valence-electron chi connectivity index (χ4n) is 2.75. The Labute approximate surface area is 147 Å². The summed E-state index contributed by atoms with van der Waals surface area (Å²) in [5.41, 5.74) is 3.47. The van der Waals surface area contributed by atoms with Crippen molar-refractivity contribution in [2.45, 2.75) is 47.0 Å². The molecule has 0 radical (unpaired) electrons. The zero-order valence-electron chi connectivity index (χ0n) is 15.0. The second kappa shape index (κ2) is 8.92. The van der Waals surface area contributed by atoms with Crippen molar-refractivity contribution in [3.05, 3.63) is 46.8 Å². The lowest BCUT2D eigenvalue weighted by Crippen LogP contribution is -2.02. The van der Waals surface area contributed by atoms with Crippen LogP contribution in [0.1, 0.15) is 54.0 Å². The number of carbonyl (C=O) groups is 2. The number of rotatable bonds is 6. The molecule has 1 aromatic heterocycles. The van der Waals surface area contributed by atoms with Gasteiger partial charge in [0, 0.05) is 29.6 Å². The average Bonchev–Trinajstić information content (AvgIpc) is 2.82. The molecule has 0 aliphatic carbocycles. The number of benzene rings is 1. The lowest BCUT2D eigenvalue weighted by molar-refractivity contribution is -0.137. The van der Waals surface area contributed by atoms with Gasteiger partial charge in [-0.15, -0.1) is 0 Å². The highest BCUT2D eigenvalue weighted by atomic mass is 16.4. The molecule has 0 unspecified atom stereocenters. The van der Waals surface area contributed by atoms with E-state index in [0.717, 1.165) is 17.0 Å². The van der Waals surface area contributed by atoms with Gasteiger partial charge >= 0.3 is 11.9 Å². The number of aromatic carboxylic acids is 1. The van der Waals surface area contributed by atoms with Crippen LogP contribution in [0.15, 0.2) is 24.3 Å². The number of aryl methyl sites for hydroxylation is 2. The summed E-state index contributed by atoms with van der Waals surface area (Å²) in [5, 5.41) is 27.5. The van der Waals surface area contributed by atoms with E-state index in [0.29, 0.717) is 18.5 Å². The first-order valence-corrected chi connectivity index (χ1v) is 8.27. The number of phenols is 1. The van der Waals surface area contributed by atoms with E-state index < -0.39 is 11.9 Å². The van der Waals surface area contributed by atoms with Crippen LogP contribution < -0.4 is 0 Å². The van der Waals surface area contributed by atoms with Crippen LogP contribution in [0, 0.1) is 13.8 Å². The minimum absolute atomic E-state index is 0.123. The van der Waals surface area contributed by atoms with Gasteiger partial charge in [-0.1, -0.05) is 13.8 Å². The van der Waals surface area contributed by atoms with E-state index >= 15 is 0 Å². The van der Waals surface area contributed by atoms with E-state index in [9.17, 15) is 14.7 Å². The molecule has 25 heavy (non-hydrogen) atoms. The number of hydrogen-bond donors (Lipinski definition) is 3. The molecular weight excluding hydrogens is 322 g/mol. The summed E-state index contributed by atoms with van der Waals surface area (Å²) in [4.78, 5) is 21.6. The van der Waals surface area contributed by atoms with Crippen LogP contribution in [0.5, 0.6) is 5.75 Å². The lowest BCUT2D eigenvalue weighted by atomic mass is 10.1. The molecular formula is C19H25NO5. The Balaban J connectivity index is 0.00000151. The molecule has 6 nitrogen and oxygen atoms in total. The van der Waals surface area contributed by atoms with E-state index in [1.165, 1.54) is 12.1 Å². The summed E-state index contributed by atoms with van der Waals surface area (Å²) in [6.45, 7) is 7.83. The predicted octanol–water partition coefficient (Wildman–Crippen LogP) is 3.93. The monoisotopic (exact) mass is 347 g/mol. The van der Waals surface area contributed by atoms with Crippen molar-refractivity contribution in [3.8, 4) is 11.4 Å². The Morgan fingerprint density at radius 2 is 1.72 bits per heavy atom. The van der Waals surface area contributed by atoms with Gasteiger partial charge in [-0.2, -0.15) is 0 Å². The first-order chi connectivity index (χ1) is 11.8. The Hall–Kier alpha value is -2.76. The van der Waals surface area contributed by atoms with E-state index in [-0.39, 0.29) is 17.7 Å². The summed E-state index contributed by atoms with van der Waals surface area (Å²) in [6, 6.07) is 6.42. The van der Waals surface area contributed by atoms with Gasteiger partial charge in [-0.25, -0.2) is 4.79 Å². The summed E-state index contributed by atoms with van der Waals surface area (Å²) >= 11 is 0. The second-order valence-electron chi connectivity index (χ2n) is 5.49. The molecule has 0 atom stereocenters. The molecule has 2 rings (SSSR count). The topological polar surface area (TPSA) is 99.8 Å². The molecule has 0 bridgehead atoms. The summed E-state index contributed by atoms with van der Waals surface area (Å²) in [6.07, 6.45) is 1.34. The number of carboxylic acid groups (broad SMARTS) is 2. The van der Waals surface area contributed by atoms with Crippen LogP contribution in [0.2, 0.25) is 0 Å². The third-order valence-corrected chi connectivity index (χ3v) is 3.84. The molecule has 2 aromatic rings. The maximum absolute atomic E-state index is 11.0. The normalized spacial score (nSPS) is 10.1. The molecule has 6 heteroatoms. The van der Waals surface area contributed by atoms with Crippen LogP contribution in [-0.4, -0.2) is 31.8 Å². The first-order valence-electron chi connectivity index (χ1n) is 8.27. The molecule has 1 heterocycles. The number of aromatic nitrogens is 1. The maximum Gasteiger partial charge on any atom is 0.339 e. The summed E-state index contributed by atoms with van der Waals surface area (Å²) < 4.78 is 1.92. The van der Waals surface area contributed by atoms with Gasteiger partial charge in [0.15, 0.2) is 0 Å². The molecule has 0 saturated carbocycles. The van der Waals surface area contributed by atoms with E-state index in [2.05, 4.69) is 0 Å². The Morgan fingerprint density at radius 1 is 1.08 bits per heavy atom. The molecule has 136 valence electrons. The van der Waals surface area contributed by atoms with Gasteiger partial charge in [-0.05, 0) is 50.5 Å². The summed E-state index contributed by atoms with van der Waals surface area (Å²) in [7, 11) is 0. The van der Waals surface area contributed by atoms with Gasteiger partial charge in [0.25, 0.3) is 0 Å². The van der Waals surface area contributed by atoms with Gasteiger partial charge in [0.05, 0.1) is 0 Å². The lowest BCUT2D eigenvalue weighted by Gasteiger charge is -2.11. The average molecular weight is 347 g/mol. The summed E-state index contributed by atoms with van der Waals surface area (Å²) in [5.74, 6) is -2.27. The van der Waals surface area contributed by atoms with Gasteiger partial charge in [-0.3, -0.25) is 4.79 Å².